The Hall–Kier alpha value is -3.03. The molecule has 4 rings (SSSR count). The van der Waals surface area contributed by atoms with E-state index in [1.54, 1.807) is 32.4 Å². The van der Waals surface area contributed by atoms with Crippen LogP contribution in [-0.2, 0) is 18.4 Å². The van der Waals surface area contributed by atoms with E-state index in [0.29, 0.717) is 23.2 Å². The summed E-state index contributed by atoms with van der Waals surface area (Å²) in [4.78, 5) is 43.3. The van der Waals surface area contributed by atoms with Crippen molar-refractivity contribution in [3.63, 3.8) is 0 Å². The average Bonchev–Trinajstić information content (AvgIpc) is 2.85. The third kappa shape index (κ3) is 4.56. The van der Waals surface area contributed by atoms with Crippen LogP contribution in [0, 0.1) is 11.8 Å². The number of fused-ring (bicyclic) bond motifs is 1. The number of amides is 1. The number of carbonyl (C=O) groups excluding carboxylic acids is 1. The van der Waals surface area contributed by atoms with Crippen LogP contribution in [0.15, 0.2) is 40.1 Å². The van der Waals surface area contributed by atoms with Gasteiger partial charge in [0.1, 0.15) is 5.75 Å². The Bertz CT molecular complexity index is 1170. The van der Waals surface area contributed by atoms with Gasteiger partial charge in [-0.15, -0.1) is 0 Å². The maximum absolute atomic E-state index is 13.1. The van der Waals surface area contributed by atoms with Gasteiger partial charge in [0, 0.05) is 51.4 Å². The van der Waals surface area contributed by atoms with E-state index in [9.17, 15) is 14.4 Å². The number of aryl methyl sites for hydroxylation is 1. The Morgan fingerprint density at radius 3 is 2.30 bits per heavy atom. The molecular formula is C25H34N4O4. The fourth-order valence-corrected chi connectivity index (χ4v) is 5.20. The fraction of sp³-hybridized carbons (Fsp3) is 0.560. The molecule has 1 aromatic carbocycles. The van der Waals surface area contributed by atoms with E-state index in [1.165, 1.54) is 9.13 Å². The lowest BCUT2D eigenvalue weighted by molar-refractivity contribution is -0.138. The molecule has 33 heavy (non-hydrogen) atoms. The van der Waals surface area contributed by atoms with Gasteiger partial charge >= 0.3 is 5.69 Å². The molecule has 0 unspecified atom stereocenters. The van der Waals surface area contributed by atoms with Crippen molar-refractivity contribution in [3.8, 4) is 5.75 Å². The van der Waals surface area contributed by atoms with Crippen molar-refractivity contribution in [2.45, 2.75) is 39.2 Å². The van der Waals surface area contributed by atoms with E-state index < -0.39 is 0 Å². The van der Waals surface area contributed by atoms with Gasteiger partial charge in [0.05, 0.1) is 18.0 Å². The number of piperazine rings is 1. The zero-order valence-electron chi connectivity index (χ0n) is 19.9. The molecule has 2 aromatic rings. The number of methoxy groups -OCH3 is 1. The molecular weight excluding hydrogens is 420 g/mol. The van der Waals surface area contributed by atoms with E-state index in [1.807, 2.05) is 11.8 Å². The lowest BCUT2D eigenvalue weighted by Gasteiger charge is -2.39. The standard InChI is InChI=1S/C25H34N4O4/c1-17(2)27-11-13-28(14-12-27)23(30)19-7-5-18(6-8-19)16-29-24(31)21-15-20(33-4)9-10-22(21)26(3)25(29)32/h9-10,15,18-19H,1,5-8,11-14,16H2,2-4H3. The Morgan fingerprint density at radius 1 is 1.06 bits per heavy atom. The van der Waals surface area contributed by atoms with Gasteiger partial charge in [-0.25, -0.2) is 4.79 Å². The van der Waals surface area contributed by atoms with Crippen LogP contribution in [-0.4, -0.2) is 58.1 Å². The number of allylic oxidation sites excluding steroid dienone is 1. The summed E-state index contributed by atoms with van der Waals surface area (Å²) in [6.45, 7) is 9.56. The summed E-state index contributed by atoms with van der Waals surface area (Å²) in [5.41, 5.74) is 1.08. The summed E-state index contributed by atoms with van der Waals surface area (Å²) >= 11 is 0. The number of carbonyl (C=O) groups is 1. The minimum absolute atomic E-state index is 0.0399. The van der Waals surface area contributed by atoms with Crippen LogP contribution in [0.4, 0.5) is 0 Å². The average molecular weight is 455 g/mol. The number of ether oxygens (including phenoxy) is 1. The van der Waals surface area contributed by atoms with E-state index in [4.69, 9.17) is 4.74 Å². The Morgan fingerprint density at radius 2 is 1.70 bits per heavy atom. The highest BCUT2D eigenvalue weighted by Crippen LogP contribution is 2.31. The minimum atomic E-state index is -0.300. The molecule has 8 heteroatoms. The van der Waals surface area contributed by atoms with Crippen LogP contribution in [0.1, 0.15) is 32.6 Å². The molecule has 0 spiro atoms. The molecule has 178 valence electrons. The van der Waals surface area contributed by atoms with Gasteiger partial charge in [0.25, 0.3) is 5.56 Å². The minimum Gasteiger partial charge on any atom is -0.497 e. The first-order valence-electron chi connectivity index (χ1n) is 11.8. The Kier molecular flexibility index (Phi) is 6.63. The summed E-state index contributed by atoms with van der Waals surface area (Å²) in [5, 5.41) is 0.481. The molecule has 0 N–H and O–H groups in total. The van der Waals surface area contributed by atoms with Crippen molar-refractivity contribution >= 4 is 16.8 Å². The maximum atomic E-state index is 13.1. The molecule has 0 atom stereocenters. The maximum Gasteiger partial charge on any atom is 0.331 e. The van der Waals surface area contributed by atoms with E-state index in [0.717, 1.165) is 57.6 Å². The van der Waals surface area contributed by atoms with Gasteiger partial charge in [-0.05, 0) is 56.7 Å². The van der Waals surface area contributed by atoms with E-state index >= 15 is 0 Å². The highest BCUT2D eigenvalue weighted by molar-refractivity contribution is 5.80. The van der Waals surface area contributed by atoms with Gasteiger partial charge in [-0.1, -0.05) is 6.58 Å². The lowest BCUT2D eigenvalue weighted by Crippen LogP contribution is -2.50. The summed E-state index contributed by atoms with van der Waals surface area (Å²) in [7, 11) is 3.25. The van der Waals surface area contributed by atoms with Crippen molar-refractivity contribution in [2.24, 2.45) is 18.9 Å². The first-order chi connectivity index (χ1) is 15.8. The number of benzene rings is 1. The van der Waals surface area contributed by atoms with Gasteiger partial charge in [-0.3, -0.25) is 18.7 Å². The second kappa shape index (κ2) is 9.45. The number of rotatable bonds is 5. The first-order valence-corrected chi connectivity index (χ1v) is 11.8. The second-order valence-electron chi connectivity index (χ2n) is 9.41. The normalized spacial score (nSPS) is 21.3. The molecule has 8 nitrogen and oxygen atoms in total. The monoisotopic (exact) mass is 454 g/mol. The van der Waals surface area contributed by atoms with Crippen LogP contribution in [0.5, 0.6) is 5.75 Å². The number of hydrogen-bond acceptors (Lipinski definition) is 5. The number of aromatic nitrogens is 2. The highest BCUT2D eigenvalue weighted by atomic mass is 16.5. The topological polar surface area (TPSA) is 76.8 Å². The van der Waals surface area contributed by atoms with Crippen molar-refractivity contribution in [1.82, 2.24) is 18.9 Å². The molecule has 1 saturated carbocycles. The molecule has 1 amide bonds. The molecule has 2 fully saturated rings. The SMILES string of the molecule is C=C(C)N1CCN(C(=O)C2CCC(Cn3c(=O)c4cc(OC)ccc4n(C)c3=O)CC2)CC1. The zero-order valence-corrected chi connectivity index (χ0v) is 19.9. The van der Waals surface area contributed by atoms with Crippen LogP contribution in [0.3, 0.4) is 0 Å². The quantitative estimate of drug-likeness (QED) is 0.692. The molecule has 1 saturated heterocycles. The van der Waals surface area contributed by atoms with Crippen molar-refractivity contribution in [3.05, 3.63) is 51.3 Å². The highest BCUT2D eigenvalue weighted by Gasteiger charge is 2.31. The van der Waals surface area contributed by atoms with Crippen molar-refractivity contribution in [2.75, 3.05) is 33.3 Å². The van der Waals surface area contributed by atoms with E-state index in [2.05, 4.69) is 11.5 Å². The zero-order chi connectivity index (χ0) is 23.7. The van der Waals surface area contributed by atoms with Crippen LogP contribution in [0.2, 0.25) is 0 Å². The molecule has 2 heterocycles. The smallest absolute Gasteiger partial charge is 0.331 e. The Labute approximate surface area is 194 Å². The predicted octanol–water partition coefficient (Wildman–Crippen LogP) is 2.19. The molecule has 1 aromatic heterocycles. The second-order valence-corrected chi connectivity index (χ2v) is 9.41. The number of hydrogen-bond donors (Lipinski definition) is 0. The van der Waals surface area contributed by atoms with Gasteiger partial charge < -0.3 is 14.5 Å². The molecule has 0 bridgehead atoms. The predicted molar refractivity (Wildman–Crippen MR) is 128 cm³/mol. The van der Waals surface area contributed by atoms with Gasteiger partial charge in [0.15, 0.2) is 0 Å². The number of nitrogens with zero attached hydrogens (tertiary/aromatic N) is 4. The molecule has 0 radical (unpaired) electrons. The lowest BCUT2D eigenvalue weighted by atomic mass is 9.81. The van der Waals surface area contributed by atoms with Crippen molar-refractivity contribution in [1.29, 1.82) is 0 Å². The third-order valence-electron chi connectivity index (χ3n) is 7.33. The summed E-state index contributed by atoms with van der Waals surface area (Å²) in [6.07, 6.45) is 3.29. The van der Waals surface area contributed by atoms with Crippen molar-refractivity contribution < 1.29 is 9.53 Å². The molecule has 1 aliphatic heterocycles. The van der Waals surface area contributed by atoms with Crippen LogP contribution in [0.25, 0.3) is 10.9 Å². The van der Waals surface area contributed by atoms with E-state index in [-0.39, 0.29) is 29.0 Å². The van der Waals surface area contributed by atoms with Gasteiger partial charge in [-0.2, -0.15) is 0 Å². The molecule has 1 aliphatic carbocycles. The third-order valence-corrected chi connectivity index (χ3v) is 7.33. The molecule has 2 aliphatic rings. The van der Waals surface area contributed by atoms with Crippen LogP contribution < -0.4 is 16.0 Å². The summed E-state index contributed by atoms with van der Waals surface area (Å²) in [5.74, 6) is 1.09. The first kappa shape index (κ1) is 23.1. The largest absolute Gasteiger partial charge is 0.497 e. The Balaban J connectivity index is 1.42. The van der Waals surface area contributed by atoms with Gasteiger partial charge in [0.2, 0.25) is 5.91 Å². The summed E-state index contributed by atoms with van der Waals surface area (Å²) in [6, 6.07) is 5.19. The summed E-state index contributed by atoms with van der Waals surface area (Å²) < 4.78 is 8.14. The fourth-order valence-electron chi connectivity index (χ4n) is 5.20. The van der Waals surface area contributed by atoms with Crippen LogP contribution >= 0.6 is 0 Å².